The average molecular weight is 630 g/mol. The van der Waals surface area contributed by atoms with Gasteiger partial charge in [0, 0.05) is 10.4 Å². The first-order valence-electron chi connectivity index (χ1n) is 13.4. The molecule has 4 aromatic carbocycles. The Morgan fingerprint density at radius 3 is 2.14 bits per heavy atom. The van der Waals surface area contributed by atoms with E-state index in [-0.39, 0.29) is 30.4 Å². The van der Waals surface area contributed by atoms with Crippen molar-refractivity contribution in [1.82, 2.24) is 5.32 Å². The van der Waals surface area contributed by atoms with E-state index in [0.717, 1.165) is 27.8 Å². The number of fused-ring (bicyclic) bond motifs is 3. The van der Waals surface area contributed by atoms with Gasteiger partial charge < -0.3 is 19.9 Å². The number of carboxylic acids is 1. The van der Waals surface area contributed by atoms with Gasteiger partial charge in [0.25, 0.3) is 5.91 Å². The number of nitrogens with one attached hydrogen (secondary N) is 2. The van der Waals surface area contributed by atoms with Crippen LogP contribution in [-0.4, -0.2) is 41.8 Å². The van der Waals surface area contributed by atoms with Crippen LogP contribution in [0.25, 0.3) is 11.1 Å². The highest BCUT2D eigenvalue weighted by Crippen LogP contribution is 2.44. The Labute approximate surface area is 251 Å². The van der Waals surface area contributed by atoms with Crippen molar-refractivity contribution in [3.8, 4) is 11.1 Å². The average Bonchev–Trinajstić information content (AvgIpc) is 3.31. The minimum atomic E-state index is -1.33. The van der Waals surface area contributed by atoms with E-state index < -0.39 is 30.1 Å². The molecule has 42 heavy (non-hydrogen) atoms. The van der Waals surface area contributed by atoms with Gasteiger partial charge in [-0.1, -0.05) is 94.8 Å². The molecule has 0 aromatic heterocycles. The zero-order chi connectivity index (χ0) is 29.6. The predicted molar refractivity (Wildman–Crippen MR) is 162 cm³/mol. The van der Waals surface area contributed by atoms with E-state index in [0.29, 0.717) is 4.47 Å². The van der Waals surface area contributed by atoms with E-state index in [1.807, 2.05) is 66.7 Å². The van der Waals surface area contributed by atoms with E-state index in [2.05, 4.69) is 38.7 Å². The molecule has 2 amide bonds. The van der Waals surface area contributed by atoms with Crippen molar-refractivity contribution in [1.29, 1.82) is 0 Å². The van der Waals surface area contributed by atoms with Gasteiger partial charge in [-0.3, -0.25) is 10.1 Å². The fraction of sp³-hybridized carbons (Fsp3) is 0.182. The van der Waals surface area contributed by atoms with Gasteiger partial charge in [-0.15, -0.1) is 0 Å². The zero-order valence-electron chi connectivity index (χ0n) is 22.8. The second-order valence-electron chi connectivity index (χ2n) is 9.93. The molecule has 0 aliphatic heterocycles. The number of amides is 2. The van der Waals surface area contributed by atoms with Crippen molar-refractivity contribution in [2.45, 2.75) is 31.6 Å². The predicted octanol–water partition coefficient (Wildman–Crippen LogP) is 6.60. The molecule has 4 aromatic rings. The number of hydrogen-bond acceptors (Lipinski definition) is 5. The maximum absolute atomic E-state index is 13.3. The van der Waals surface area contributed by atoms with Gasteiger partial charge in [0.1, 0.15) is 6.61 Å². The van der Waals surface area contributed by atoms with Crippen LogP contribution in [-0.2, 0) is 20.9 Å². The summed E-state index contributed by atoms with van der Waals surface area (Å²) in [6.07, 6.45) is -1.57. The minimum Gasteiger partial charge on any atom is -0.480 e. The Morgan fingerprint density at radius 1 is 0.881 bits per heavy atom. The zero-order valence-corrected chi connectivity index (χ0v) is 24.3. The summed E-state index contributed by atoms with van der Waals surface area (Å²) in [5.74, 6) is -2.05. The lowest BCUT2D eigenvalue weighted by Gasteiger charge is -2.22. The molecule has 0 unspecified atom stereocenters. The summed E-state index contributed by atoms with van der Waals surface area (Å²) in [5.41, 5.74) is 5.51. The molecule has 0 saturated carbocycles. The van der Waals surface area contributed by atoms with E-state index in [9.17, 15) is 19.5 Å². The van der Waals surface area contributed by atoms with Crippen LogP contribution < -0.4 is 10.6 Å². The lowest BCUT2D eigenvalue weighted by Crippen LogP contribution is -2.48. The van der Waals surface area contributed by atoms with Crippen molar-refractivity contribution >= 4 is 39.6 Å². The van der Waals surface area contributed by atoms with E-state index >= 15 is 0 Å². The van der Waals surface area contributed by atoms with Crippen LogP contribution in [0.1, 0.15) is 39.9 Å². The Hall–Kier alpha value is -4.47. The molecule has 0 heterocycles. The van der Waals surface area contributed by atoms with Crippen LogP contribution >= 0.6 is 15.9 Å². The number of carbonyl (C=O) groups excluding carboxylic acids is 2. The number of halogens is 1. The standard InChI is InChI=1S/C33H29BrN2O6/c1-20(41-18-21-9-3-2-4-10-21)30(32(38)39)36-31(37)27-16-15-22(34)17-29(27)35-33(40)42-19-28-25-13-7-5-11-23(25)24-12-6-8-14-26(24)28/h2-17,20,28,30H,18-19H2,1H3,(H,35,40)(H,36,37)(H,38,39)/t20-,30+/m1/s1. The third-order valence-corrected chi connectivity index (χ3v) is 7.68. The molecule has 2 atom stereocenters. The van der Waals surface area contributed by atoms with Crippen molar-refractivity contribution < 1.29 is 29.0 Å². The smallest absolute Gasteiger partial charge is 0.411 e. The molecule has 0 bridgehead atoms. The van der Waals surface area contributed by atoms with Crippen molar-refractivity contribution in [3.63, 3.8) is 0 Å². The van der Waals surface area contributed by atoms with Crippen LogP contribution in [0.15, 0.2) is 102 Å². The van der Waals surface area contributed by atoms with Gasteiger partial charge in [0.05, 0.1) is 24.0 Å². The third kappa shape index (κ3) is 6.53. The Bertz CT molecular complexity index is 1560. The molecular formula is C33H29BrN2O6. The van der Waals surface area contributed by atoms with Gasteiger partial charge in [0.15, 0.2) is 6.04 Å². The number of carbonyl (C=O) groups is 3. The number of hydrogen-bond donors (Lipinski definition) is 3. The normalized spacial score (nSPS) is 13.4. The van der Waals surface area contributed by atoms with Crippen LogP contribution in [0.5, 0.6) is 0 Å². The molecule has 8 nitrogen and oxygen atoms in total. The Balaban J connectivity index is 1.25. The van der Waals surface area contributed by atoms with Gasteiger partial charge in [-0.05, 0) is 52.9 Å². The quantitative estimate of drug-likeness (QED) is 0.182. The van der Waals surface area contributed by atoms with E-state index in [1.54, 1.807) is 19.1 Å². The fourth-order valence-electron chi connectivity index (χ4n) is 5.06. The van der Waals surface area contributed by atoms with Crippen molar-refractivity contribution in [2.75, 3.05) is 11.9 Å². The molecular weight excluding hydrogens is 600 g/mol. The minimum absolute atomic E-state index is 0.0771. The highest BCUT2D eigenvalue weighted by Gasteiger charge is 2.30. The summed E-state index contributed by atoms with van der Waals surface area (Å²) in [6.45, 7) is 1.88. The fourth-order valence-corrected chi connectivity index (χ4v) is 5.42. The second kappa shape index (κ2) is 13.0. The summed E-state index contributed by atoms with van der Waals surface area (Å²) in [6, 6.07) is 28.7. The molecule has 0 saturated heterocycles. The topological polar surface area (TPSA) is 114 Å². The summed E-state index contributed by atoms with van der Waals surface area (Å²) in [5, 5.41) is 15.0. The van der Waals surface area contributed by atoms with E-state index in [1.165, 1.54) is 6.07 Å². The van der Waals surface area contributed by atoms with Crippen molar-refractivity contribution in [3.05, 3.63) is 124 Å². The Kier molecular flexibility index (Phi) is 9.00. The second-order valence-corrected chi connectivity index (χ2v) is 10.8. The summed E-state index contributed by atoms with van der Waals surface area (Å²) >= 11 is 3.37. The highest BCUT2D eigenvalue weighted by molar-refractivity contribution is 9.10. The highest BCUT2D eigenvalue weighted by atomic mass is 79.9. The maximum Gasteiger partial charge on any atom is 0.411 e. The SMILES string of the molecule is C[C@@H](OCc1ccccc1)[C@H](NC(=O)c1ccc(Br)cc1NC(=O)OCC1c2ccccc2-c2ccccc21)C(=O)O. The molecule has 5 rings (SSSR count). The molecule has 1 aliphatic carbocycles. The summed E-state index contributed by atoms with van der Waals surface area (Å²) in [4.78, 5) is 38.2. The summed E-state index contributed by atoms with van der Waals surface area (Å²) < 4.78 is 12.0. The first kappa shape index (κ1) is 29.0. The third-order valence-electron chi connectivity index (χ3n) is 7.18. The lowest BCUT2D eigenvalue weighted by molar-refractivity contribution is -0.143. The molecule has 0 fully saturated rings. The number of carboxylic acid groups (broad SMARTS) is 1. The molecule has 214 valence electrons. The molecule has 0 radical (unpaired) electrons. The van der Waals surface area contributed by atoms with E-state index in [4.69, 9.17) is 9.47 Å². The lowest BCUT2D eigenvalue weighted by atomic mass is 9.98. The van der Waals surface area contributed by atoms with Crippen LogP contribution in [0.3, 0.4) is 0 Å². The van der Waals surface area contributed by atoms with Crippen LogP contribution in [0.4, 0.5) is 10.5 Å². The van der Waals surface area contributed by atoms with Crippen LogP contribution in [0, 0.1) is 0 Å². The van der Waals surface area contributed by atoms with Gasteiger partial charge in [-0.2, -0.15) is 0 Å². The Morgan fingerprint density at radius 2 is 1.50 bits per heavy atom. The number of anilines is 1. The number of benzene rings is 4. The largest absolute Gasteiger partial charge is 0.480 e. The van der Waals surface area contributed by atoms with Crippen molar-refractivity contribution in [2.24, 2.45) is 0 Å². The number of ether oxygens (including phenoxy) is 2. The molecule has 3 N–H and O–H groups in total. The van der Waals surface area contributed by atoms with Gasteiger partial charge in [-0.25, -0.2) is 9.59 Å². The monoisotopic (exact) mass is 628 g/mol. The first-order chi connectivity index (χ1) is 20.3. The van der Waals surface area contributed by atoms with Gasteiger partial charge in [0.2, 0.25) is 0 Å². The van der Waals surface area contributed by atoms with Gasteiger partial charge >= 0.3 is 12.1 Å². The first-order valence-corrected chi connectivity index (χ1v) is 14.2. The van der Waals surface area contributed by atoms with Crippen LogP contribution in [0.2, 0.25) is 0 Å². The molecule has 1 aliphatic rings. The molecule has 9 heteroatoms. The maximum atomic E-state index is 13.3. The number of aliphatic carboxylic acids is 1. The molecule has 0 spiro atoms. The number of rotatable bonds is 10. The summed E-state index contributed by atoms with van der Waals surface area (Å²) in [7, 11) is 0.